The van der Waals surface area contributed by atoms with E-state index in [1.165, 1.54) is 17.7 Å². The Bertz CT molecular complexity index is 3080. The number of aryl methyl sites for hydroxylation is 1. The number of hydrogen-bond donors (Lipinski definition) is 0. The summed E-state index contributed by atoms with van der Waals surface area (Å²) >= 11 is 0. The predicted molar refractivity (Wildman–Crippen MR) is 233 cm³/mol. The summed E-state index contributed by atoms with van der Waals surface area (Å²) in [6, 6.07) is 54.9. The number of rotatable bonds is 4. The minimum atomic E-state index is -1.03. The summed E-state index contributed by atoms with van der Waals surface area (Å²) in [7, 11) is 0. The van der Waals surface area contributed by atoms with E-state index in [0.717, 1.165) is 100 Å². The highest BCUT2D eigenvalue weighted by atomic mass is 19.1. The summed E-state index contributed by atoms with van der Waals surface area (Å²) in [4.78, 5) is 2.36. The van der Waals surface area contributed by atoms with E-state index in [1.807, 2.05) is 42.5 Å². The van der Waals surface area contributed by atoms with Crippen molar-refractivity contribution in [1.29, 1.82) is 0 Å². The molecule has 280 valence electrons. The summed E-state index contributed by atoms with van der Waals surface area (Å²) < 4.78 is 38.6. The van der Waals surface area contributed by atoms with E-state index >= 15 is 8.78 Å². The second-order valence-corrected chi connectivity index (χ2v) is 16.8. The van der Waals surface area contributed by atoms with Gasteiger partial charge >= 0.3 is 0 Å². The molecule has 1 aromatic heterocycles. The highest BCUT2D eigenvalue weighted by Crippen LogP contribution is 2.65. The quantitative estimate of drug-likeness (QED) is 0.178. The second-order valence-electron chi connectivity index (χ2n) is 16.8. The van der Waals surface area contributed by atoms with Crippen LogP contribution >= 0.6 is 0 Å². The van der Waals surface area contributed by atoms with Crippen LogP contribution in [0.4, 0.5) is 25.8 Å². The van der Waals surface area contributed by atoms with Gasteiger partial charge in [0.2, 0.25) is 0 Å². The maximum Gasteiger partial charge on any atom is 0.145 e. The number of halogens is 2. The highest BCUT2D eigenvalue weighted by molar-refractivity contribution is 6.20. The smallest absolute Gasteiger partial charge is 0.145 e. The fourth-order valence-corrected chi connectivity index (χ4v) is 9.85. The van der Waals surface area contributed by atoms with Gasteiger partial charge in [-0.05, 0) is 123 Å². The molecule has 58 heavy (non-hydrogen) atoms. The van der Waals surface area contributed by atoms with Crippen LogP contribution in [0.2, 0.25) is 0 Å². The molecule has 2 aliphatic carbocycles. The van der Waals surface area contributed by atoms with Gasteiger partial charge in [0, 0.05) is 22.2 Å². The third-order valence-corrected chi connectivity index (χ3v) is 12.4. The van der Waals surface area contributed by atoms with E-state index in [-0.39, 0.29) is 17.0 Å². The maximum absolute atomic E-state index is 15.7. The summed E-state index contributed by atoms with van der Waals surface area (Å²) in [6.07, 6.45) is 0. The van der Waals surface area contributed by atoms with Crippen molar-refractivity contribution in [3.05, 3.63) is 209 Å². The Morgan fingerprint density at radius 1 is 0.534 bits per heavy atom. The van der Waals surface area contributed by atoms with Crippen molar-refractivity contribution < 1.29 is 13.2 Å². The van der Waals surface area contributed by atoms with Crippen molar-refractivity contribution in [1.82, 2.24) is 0 Å². The first-order chi connectivity index (χ1) is 28.1. The van der Waals surface area contributed by atoms with E-state index < -0.39 is 5.41 Å². The molecular formula is C54H39F2NO. The van der Waals surface area contributed by atoms with Gasteiger partial charge in [0.1, 0.15) is 22.8 Å². The molecule has 2 aliphatic rings. The molecule has 0 fully saturated rings. The van der Waals surface area contributed by atoms with Gasteiger partial charge in [0.05, 0.1) is 22.2 Å². The lowest BCUT2D eigenvalue weighted by Gasteiger charge is -2.33. The molecule has 0 amide bonds. The molecule has 0 unspecified atom stereocenters. The fraction of sp³-hybridized carbons (Fsp3) is 0.111. The number of furan rings is 1. The molecule has 0 aliphatic heterocycles. The van der Waals surface area contributed by atoms with Gasteiger partial charge in [0.25, 0.3) is 0 Å². The van der Waals surface area contributed by atoms with Gasteiger partial charge in [-0.25, -0.2) is 8.78 Å². The van der Waals surface area contributed by atoms with Crippen molar-refractivity contribution in [3.63, 3.8) is 0 Å². The van der Waals surface area contributed by atoms with Crippen LogP contribution in [-0.4, -0.2) is 0 Å². The number of fused-ring (bicyclic) bond motifs is 14. The van der Waals surface area contributed by atoms with Crippen LogP contribution in [0.15, 0.2) is 168 Å². The largest absolute Gasteiger partial charge is 0.455 e. The lowest BCUT2D eigenvalue weighted by atomic mass is 9.70. The second kappa shape index (κ2) is 12.4. The number of nitrogens with zero attached hydrogens (tertiary/aromatic N) is 1. The molecule has 1 spiro atoms. The SMILES string of the molecule is Cc1ccc(N(c2ccc(C(C)(C)C)cc2)c2cc3c(c4oc5ccccc5c24)-c2ccccc2C32c3cc(F)ccc3-c3ccc(F)cc32)c(-c2ccccc2)c1. The Kier molecular flexibility index (Phi) is 7.34. The Morgan fingerprint density at radius 2 is 1.19 bits per heavy atom. The van der Waals surface area contributed by atoms with E-state index in [1.54, 1.807) is 12.1 Å². The first kappa shape index (κ1) is 34.5. The molecule has 0 saturated carbocycles. The van der Waals surface area contributed by atoms with Crippen molar-refractivity contribution in [3.8, 4) is 33.4 Å². The molecule has 1 heterocycles. The lowest BCUT2D eigenvalue weighted by molar-refractivity contribution is 0.590. The third-order valence-electron chi connectivity index (χ3n) is 12.4. The minimum Gasteiger partial charge on any atom is -0.455 e. The topological polar surface area (TPSA) is 16.4 Å². The van der Waals surface area contributed by atoms with Crippen molar-refractivity contribution in [2.45, 2.75) is 38.5 Å². The fourth-order valence-electron chi connectivity index (χ4n) is 9.85. The summed E-state index contributed by atoms with van der Waals surface area (Å²) in [6.45, 7) is 8.82. The van der Waals surface area contributed by atoms with Crippen LogP contribution < -0.4 is 4.90 Å². The van der Waals surface area contributed by atoms with Crippen LogP contribution in [0.5, 0.6) is 0 Å². The average molecular weight is 756 g/mol. The van der Waals surface area contributed by atoms with Crippen molar-refractivity contribution >= 4 is 39.0 Å². The van der Waals surface area contributed by atoms with Crippen LogP contribution in [-0.2, 0) is 10.8 Å². The van der Waals surface area contributed by atoms with Crippen LogP contribution in [0.25, 0.3) is 55.3 Å². The molecule has 0 atom stereocenters. The van der Waals surface area contributed by atoms with E-state index in [0.29, 0.717) is 0 Å². The molecule has 4 heteroatoms. The molecule has 0 bridgehead atoms. The van der Waals surface area contributed by atoms with Crippen LogP contribution in [0.3, 0.4) is 0 Å². The average Bonchev–Trinajstić information content (AvgIpc) is 3.85. The minimum absolute atomic E-state index is 0.0457. The zero-order valence-corrected chi connectivity index (χ0v) is 32.7. The standard InChI is InChI=1S/C54H39F2NO/c1-32-18-27-47(42(28-32)33-12-6-5-7-13-33)57(37-23-19-34(20-24-37)53(2,3)4)48-31-46-50(52-51(48)41-15-9-11-17-49(41)58-52)40-14-8-10-16-43(40)54(46)44-29-35(55)21-25-38(44)39-26-22-36(56)30-45(39)54/h5-31H,1-4H3. The van der Waals surface area contributed by atoms with Crippen LogP contribution in [0.1, 0.15) is 54.2 Å². The van der Waals surface area contributed by atoms with Gasteiger partial charge in [-0.3, -0.25) is 0 Å². The molecule has 9 aromatic rings. The van der Waals surface area contributed by atoms with Crippen LogP contribution in [0, 0.1) is 18.6 Å². The van der Waals surface area contributed by atoms with Gasteiger partial charge in [-0.15, -0.1) is 0 Å². The molecule has 8 aromatic carbocycles. The normalized spacial score (nSPS) is 13.5. The van der Waals surface area contributed by atoms with Gasteiger partial charge in [0.15, 0.2) is 0 Å². The zero-order valence-electron chi connectivity index (χ0n) is 32.7. The maximum atomic E-state index is 15.7. The molecule has 11 rings (SSSR count). The Hall–Kier alpha value is -6.78. The first-order valence-electron chi connectivity index (χ1n) is 19.9. The van der Waals surface area contributed by atoms with Gasteiger partial charge in [-0.1, -0.05) is 129 Å². The highest BCUT2D eigenvalue weighted by Gasteiger charge is 2.53. The number of para-hydroxylation sites is 1. The third kappa shape index (κ3) is 4.81. The summed E-state index contributed by atoms with van der Waals surface area (Å²) in [5.41, 5.74) is 15.1. The van der Waals surface area contributed by atoms with Gasteiger partial charge in [-0.2, -0.15) is 0 Å². The zero-order chi connectivity index (χ0) is 39.5. The van der Waals surface area contributed by atoms with Gasteiger partial charge < -0.3 is 9.32 Å². The first-order valence-corrected chi connectivity index (χ1v) is 19.9. The molecule has 0 saturated heterocycles. The van der Waals surface area contributed by atoms with E-state index in [2.05, 4.69) is 130 Å². The Labute approximate surface area is 336 Å². The molecular weight excluding hydrogens is 717 g/mol. The summed E-state index contributed by atoms with van der Waals surface area (Å²) in [5, 5.41) is 1.96. The van der Waals surface area contributed by atoms with E-state index in [4.69, 9.17) is 4.42 Å². The summed E-state index contributed by atoms with van der Waals surface area (Å²) in [5.74, 6) is -0.676. The molecule has 0 N–H and O–H groups in total. The molecule has 0 radical (unpaired) electrons. The van der Waals surface area contributed by atoms with E-state index in [9.17, 15) is 0 Å². The Balaban J connectivity index is 1.33. The lowest BCUT2D eigenvalue weighted by Crippen LogP contribution is -2.26. The monoisotopic (exact) mass is 755 g/mol. The van der Waals surface area contributed by atoms with Crippen molar-refractivity contribution in [2.75, 3.05) is 4.90 Å². The Morgan fingerprint density at radius 3 is 1.90 bits per heavy atom. The number of hydrogen-bond acceptors (Lipinski definition) is 2. The number of anilines is 3. The van der Waals surface area contributed by atoms with Crippen molar-refractivity contribution in [2.24, 2.45) is 0 Å². The number of benzene rings is 8. The predicted octanol–water partition coefficient (Wildman–Crippen LogP) is 15.0. The molecule has 2 nitrogen and oxygen atoms in total.